The van der Waals surface area contributed by atoms with Crippen LogP contribution in [-0.2, 0) is 0 Å². The number of nitrogens with zero attached hydrogens (tertiary/aromatic N) is 4. The Balaban J connectivity index is 1.84. The van der Waals surface area contributed by atoms with Crippen LogP contribution in [0.25, 0.3) is 10.6 Å². The molecule has 0 saturated carbocycles. The molecule has 6 nitrogen and oxygen atoms in total. The molecule has 1 aromatic heterocycles. The van der Waals surface area contributed by atoms with Gasteiger partial charge in [0.05, 0.1) is 10.5 Å². The van der Waals surface area contributed by atoms with Crippen molar-refractivity contribution in [3.05, 3.63) is 69.2 Å². The second-order valence-corrected chi connectivity index (χ2v) is 5.86. The number of hydrogen-bond acceptors (Lipinski definition) is 6. The Hall–Kier alpha value is -2.64. The monoisotopic (exact) mass is 344 g/mol. The molecule has 3 rings (SSSR count). The summed E-state index contributed by atoms with van der Waals surface area (Å²) in [6.07, 6.45) is 1.42. The maximum absolute atomic E-state index is 11.0. The summed E-state index contributed by atoms with van der Waals surface area (Å²) < 4.78 is 0. The smallest absolute Gasteiger partial charge is 0.258 e. The highest BCUT2D eigenvalue weighted by Gasteiger charge is 2.11. The number of rotatable bonds is 4. The fourth-order valence-corrected chi connectivity index (χ4v) is 2.69. The minimum Gasteiger partial charge on any atom is -0.258 e. The van der Waals surface area contributed by atoms with Crippen LogP contribution >= 0.6 is 22.9 Å². The van der Waals surface area contributed by atoms with Gasteiger partial charge in [-0.15, -0.1) is 10.2 Å². The van der Waals surface area contributed by atoms with Gasteiger partial charge in [0.1, 0.15) is 5.01 Å². The van der Waals surface area contributed by atoms with E-state index in [-0.39, 0.29) is 5.69 Å². The molecule has 23 heavy (non-hydrogen) atoms. The Morgan fingerprint density at radius 2 is 1.87 bits per heavy atom. The van der Waals surface area contributed by atoms with Gasteiger partial charge in [0, 0.05) is 22.9 Å². The normalized spacial score (nSPS) is 11.0. The predicted molar refractivity (Wildman–Crippen MR) is 90.7 cm³/mol. The molecule has 0 aliphatic heterocycles. The molecule has 3 aromatic rings. The zero-order chi connectivity index (χ0) is 16.2. The van der Waals surface area contributed by atoms with E-state index in [2.05, 4.69) is 15.2 Å². The molecule has 0 bridgehead atoms. The fourth-order valence-electron chi connectivity index (χ4n) is 1.86. The van der Waals surface area contributed by atoms with Gasteiger partial charge in [-0.3, -0.25) is 10.1 Å². The molecule has 0 spiro atoms. The summed E-state index contributed by atoms with van der Waals surface area (Å²) >= 11 is 7.14. The standard InChI is InChI=1S/C15H9ClN4O2S/c16-12-7-5-10(6-8-12)14-18-19-15(23-14)17-9-11-3-1-2-4-13(11)20(21)22/h1-9H/b17-9+. The maximum atomic E-state index is 11.0. The first kappa shape index (κ1) is 15.3. The van der Waals surface area contributed by atoms with E-state index in [1.165, 1.54) is 23.6 Å². The number of benzene rings is 2. The lowest BCUT2D eigenvalue weighted by Crippen LogP contribution is -1.93. The molecular formula is C15H9ClN4O2S. The maximum Gasteiger partial charge on any atom is 0.278 e. The van der Waals surface area contributed by atoms with Crippen LogP contribution in [0.15, 0.2) is 53.5 Å². The highest BCUT2D eigenvalue weighted by atomic mass is 35.5. The van der Waals surface area contributed by atoms with Crippen molar-refractivity contribution < 1.29 is 4.92 Å². The van der Waals surface area contributed by atoms with Gasteiger partial charge in [0.25, 0.3) is 5.69 Å². The van der Waals surface area contributed by atoms with Gasteiger partial charge in [-0.1, -0.05) is 47.2 Å². The molecule has 0 radical (unpaired) electrons. The Morgan fingerprint density at radius 3 is 2.61 bits per heavy atom. The highest BCUT2D eigenvalue weighted by Crippen LogP contribution is 2.29. The third-order valence-corrected chi connectivity index (χ3v) is 4.09. The van der Waals surface area contributed by atoms with Crippen LogP contribution in [0, 0.1) is 10.1 Å². The van der Waals surface area contributed by atoms with Gasteiger partial charge >= 0.3 is 0 Å². The molecule has 8 heteroatoms. The molecule has 0 unspecified atom stereocenters. The Bertz CT molecular complexity index is 877. The first-order chi connectivity index (χ1) is 11.1. The van der Waals surface area contributed by atoms with Crippen molar-refractivity contribution in [2.75, 3.05) is 0 Å². The largest absolute Gasteiger partial charge is 0.278 e. The van der Waals surface area contributed by atoms with Gasteiger partial charge in [-0.2, -0.15) is 0 Å². The minimum absolute atomic E-state index is 0.00121. The van der Waals surface area contributed by atoms with Crippen molar-refractivity contribution in [2.24, 2.45) is 4.99 Å². The van der Waals surface area contributed by atoms with Crippen LogP contribution in [0.2, 0.25) is 5.02 Å². The number of nitro benzene ring substituents is 1. The average Bonchev–Trinajstić information content (AvgIpc) is 3.03. The average molecular weight is 345 g/mol. The Morgan fingerprint density at radius 1 is 1.13 bits per heavy atom. The van der Waals surface area contributed by atoms with E-state index in [0.29, 0.717) is 20.7 Å². The van der Waals surface area contributed by atoms with E-state index in [4.69, 9.17) is 11.6 Å². The second kappa shape index (κ2) is 6.64. The fraction of sp³-hybridized carbons (Fsp3) is 0. The summed E-state index contributed by atoms with van der Waals surface area (Å²) in [6.45, 7) is 0. The SMILES string of the molecule is O=[N+]([O-])c1ccccc1/C=N/c1nnc(-c2ccc(Cl)cc2)s1. The number of nitro groups is 1. The van der Waals surface area contributed by atoms with E-state index in [9.17, 15) is 10.1 Å². The molecule has 1 heterocycles. The van der Waals surface area contributed by atoms with Crippen molar-refractivity contribution in [2.45, 2.75) is 0 Å². The van der Waals surface area contributed by atoms with Crippen LogP contribution in [0.1, 0.15) is 5.56 Å². The van der Waals surface area contributed by atoms with Crippen molar-refractivity contribution in [3.8, 4) is 10.6 Å². The molecule has 114 valence electrons. The number of aromatic nitrogens is 2. The van der Waals surface area contributed by atoms with Gasteiger partial charge in [-0.25, -0.2) is 4.99 Å². The minimum atomic E-state index is -0.444. The predicted octanol–water partition coefficient (Wildman–Crippen LogP) is 4.52. The molecule has 0 atom stereocenters. The molecule has 0 amide bonds. The number of hydrogen-bond donors (Lipinski definition) is 0. The van der Waals surface area contributed by atoms with Gasteiger partial charge in [-0.05, 0) is 18.2 Å². The van der Waals surface area contributed by atoms with Crippen molar-refractivity contribution in [1.29, 1.82) is 0 Å². The quantitative estimate of drug-likeness (QED) is 0.396. The number of halogens is 1. The zero-order valence-corrected chi connectivity index (χ0v) is 13.2. The van der Waals surface area contributed by atoms with Gasteiger partial charge in [0.15, 0.2) is 0 Å². The van der Waals surface area contributed by atoms with E-state index < -0.39 is 4.92 Å². The third kappa shape index (κ3) is 3.58. The first-order valence-electron chi connectivity index (χ1n) is 6.50. The highest BCUT2D eigenvalue weighted by molar-refractivity contribution is 7.18. The lowest BCUT2D eigenvalue weighted by atomic mass is 10.2. The lowest BCUT2D eigenvalue weighted by molar-refractivity contribution is -0.385. The second-order valence-electron chi connectivity index (χ2n) is 4.47. The molecule has 2 aromatic carbocycles. The summed E-state index contributed by atoms with van der Waals surface area (Å²) in [4.78, 5) is 14.7. The van der Waals surface area contributed by atoms with Crippen LogP contribution in [-0.4, -0.2) is 21.3 Å². The number of para-hydroxylation sites is 1. The van der Waals surface area contributed by atoms with Gasteiger partial charge in [0.2, 0.25) is 5.13 Å². The van der Waals surface area contributed by atoms with Crippen LogP contribution in [0.4, 0.5) is 10.8 Å². The molecule has 0 fully saturated rings. The molecular weight excluding hydrogens is 336 g/mol. The topological polar surface area (TPSA) is 81.3 Å². The Labute approximate surface area is 140 Å². The third-order valence-electron chi connectivity index (χ3n) is 2.95. The zero-order valence-electron chi connectivity index (χ0n) is 11.6. The van der Waals surface area contributed by atoms with Crippen molar-refractivity contribution in [3.63, 3.8) is 0 Å². The van der Waals surface area contributed by atoms with Crippen molar-refractivity contribution in [1.82, 2.24) is 10.2 Å². The van der Waals surface area contributed by atoms with Crippen LogP contribution in [0.3, 0.4) is 0 Å². The summed E-state index contributed by atoms with van der Waals surface area (Å²) in [7, 11) is 0. The van der Waals surface area contributed by atoms with E-state index in [1.54, 1.807) is 30.3 Å². The van der Waals surface area contributed by atoms with Gasteiger partial charge < -0.3 is 0 Å². The summed E-state index contributed by atoms with van der Waals surface area (Å²) in [5.74, 6) is 0. The summed E-state index contributed by atoms with van der Waals surface area (Å²) in [5.41, 5.74) is 1.30. The van der Waals surface area contributed by atoms with E-state index in [1.807, 2.05) is 12.1 Å². The first-order valence-corrected chi connectivity index (χ1v) is 7.70. The summed E-state index contributed by atoms with van der Waals surface area (Å²) in [5, 5.41) is 20.8. The molecule has 0 saturated heterocycles. The molecule has 0 N–H and O–H groups in total. The van der Waals surface area contributed by atoms with Crippen molar-refractivity contribution >= 4 is 40.0 Å². The lowest BCUT2D eigenvalue weighted by Gasteiger charge is -1.95. The van der Waals surface area contributed by atoms with E-state index in [0.717, 1.165) is 5.56 Å². The molecule has 0 aliphatic rings. The molecule has 0 aliphatic carbocycles. The van der Waals surface area contributed by atoms with E-state index >= 15 is 0 Å². The van der Waals surface area contributed by atoms with Crippen LogP contribution in [0.5, 0.6) is 0 Å². The number of aliphatic imine (C=N–C) groups is 1. The van der Waals surface area contributed by atoms with Crippen LogP contribution < -0.4 is 0 Å². The summed E-state index contributed by atoms with van der Waals surface area (Å²) in [6, 6.07) is 13.6. The Kier molecular flexibility index (Phi) is 4.40.